The lowest BCUT2D eigenvalue weighted by atomic mass is 9.86. The molecule has 2 fully saturated rings. The minimum absolute atomic E-state index is 0.113. The van der Waals surface area contributed by atoms with Gasteiger partial charge in [-0.05, 0) is 37.1 Å². The standard InChI is InChI=1S/C15H18N2O3/c18-9-12-1-3-13(4-2-12)16-7-5-15(10-16)6-8-17(11-15)14(19)20/h1-4,9H,5-8,10-11H2,(H,19,20). The molecule has 1 unspecified atom stereocenters. The first-order valence-electron chi connectivity index (χ1n) is 6.90. The quantitative estimate of drug-likeness (QED) is 0.839. The van der Waals surface area contributed by atoms with Crippen molar-refractivity contribution < 1.29 is 14.7 Å². The molecule has 2 heterocycles. The van der Waals surface area contributed by atoms with E-state index in [4.69, 9.17) is 5.11 Å². The third-order valence-corrected chi connectivity index (χ3v) is 4.54. The Morgan fingerprint density at radius 1 is 1.15 bits per heavy atom. The van der Waals surface area contributed by atoms with Crippen LogP contribution >= 0.6 is 0 Å². The molecule has 1 N–H and O–H groups in total. The molecule has 2 aliphatic heterocycles. The van der Waals surface area contributed by atoms with Crippen molar-refractivity contribution in [1.82, 2.24) is 4.90 Å². The molecule has 106 valence electrons. The average molecular weight is 274 g/mol. The van der Waals surface area contributed by atoms with Crippen LogP contribution in [0.15, 0.2) is 24.3 Å². The summed E-state index contributed by atoms with van der Waals surface area (Å²) in [7, 11) is 0. The zero-order valence-corrected chi connectivity index (χ0v) is 11.3. The number of benzene rings is 1. The molecule has 1 amide bonds. The number of carbonyl (C=O) groups is 2. The number of nitrogens with zero attached hydrogens (tertiary/aromatic N) is 2. The normalized spacial score (nSPS) is 25.4. The second kappa shape index (κ2) is 4.81. The first-order valence-corrected chi connectivity index (χ1v) is 6.90. The molecule has 2 aliphatic rings. The summed E-state index contributed by atoms with van der Waals surface area (Å²) in [5.74, 6) is 0. The number of carboxylic acid groups (broad SMARTS) is 1. The molecule has 0 radical (unpaired) electrons. The van der Waals surface area contributed by atoms with Gasteiger partial charge in [-0.25, -0.2) is 4.79 Å². The van der Waals surface area contributed by atoms with Crippen LogP contribution in [0.5, 0.6) is 0 Å². The second-order valence-corrected chi connectivity index (χ2v) is 5.84. The lowest BCUT2D eigenvalue weighted by Gasteiger charge is -2.25. The highest BCUT2D eigenvalue weighted by Gasteiger charge is 2.44. The van der Waals surface area contributed by atoms with E-state index in [1.54, 1.807) is 0 Å². The third-order valence-electron chi connectivity index (χ3n) is 4.54. The molecule has 2 saturated heterocycles. The molecule has 0 aliphatic carbocycles. The van der Waals surface area contributed by atoms with Crippen molar-refractivity contribution in [2.75, 3.05) is 31.1 Å². The van der Waals surface area contributed by atoms with Crippen LogP contribution in [0.3, 0.4) is 0 Å². The number of carbonyl (C=O) groups excluding carboxylic acids is 1. The van der Waals surface area contributed by atoms with Crippen LogP contribution in [-0.2, 0) is 0 Å². The maximum absolute atomic E-state index is 11.0. The minimum atomic E-state index is -0.810. The summed E-state index contributed by atoms with van der Waals surface area (Å²) in [4.78, 5) is 25.5. The Balaban J connectivity index is 1.70. The summed E-state index contributed by atoms with van der Waals surface area (Å²) in [5, 5.41) is 9.08. The third kappa shape index (κ3) is 2.24. The number of rotatable bonds is 2. The van der Waals surface area contributed by atoms with Crippen molar-refractivity contribution in [3.63, 3.8) is 0 Å². The van der Waals surface area contributed by atoms with Gasteiger partial charge in [0.05, 0.1) is 0 Å². The van der Waals surface area contributed by atoms with Gasteiger partial charge in [0.1, 0.15) is 6.29 Å². The van der Waals surface area contributed by atoms with Crippen LogP contribution < -0.4 is 4.90 Å². The molecule has 3 rings (SSSR count). The monoisotopic (exact) mass is 274 g/mol. The van der Waals surface area contributed by atoms with E-state index < -0.39 is 6.09 Å². The van der Waals surface area contributed by atoms with Crippen molar-refractivity contribution in [3.8, 4) is 0 Å². The van der Waals surface area contributed by atoms with Crippen molar-refractivity contribution in [2.45, 2.75) is 12.8 Å². The van der Waals surface area contributed by atoms with E-state index >= 15 is 0 Å². The fraction of sp³-hybridized carbons (Fsp3) is 0.467. The van der Waals surface area contributed by atoms with Crippen LogP contribution in [0, 0.1) is 5.41 Å². The predicted molar refractivity (Wildman–Crippen MR) is 75.3 cm³/mol. The molecule has 0 aromatic heterocycles. The molecule has 20 heavy (non-hydrogen) atoms. The molecular formula is C15H18N2O3. The maximum Gasteiger partial charge on any atom is 0.407 e. The van der Waals surface area contributed by atoms with Gasteiger partial charge < -0.3 is 14.9 Å². The summed E-state index contributed by atoms with van der Waals surface area (Å²) < 4.78 is 0. The number of likely N-dealkylation sites (tertiary alicyclic amines) is 1. The number of hydrogen-bond donors (Lipinski definition) is 1. The van der Waals surface area contributed by atoms with Crippen molar-refractivity contribution >= 4 is 18.1 Å². The molecule has 0 saturated carbocycles. The van der Waals surface area contributed by atoms with Gasteiger partial charge in [-0.3, -0.25) is 4.79 Å². The first-order chi connectivity index (χ1) is 9.62. The Bertz CT molecular complexity index is 528. The summed E-state index contributed by atoms with van der Waals surface area (Å²) >= 11 is 0. The summed E-state index contributed by atoms with van der Waals surface area (Å²) in [6.07, 6.45) is 2.02. The first kappa shape index (κ1) is 13.0. The smallest absolute Gasteiger partial charge is 0.407 e. The predicted octanol–water partition coefficient (Wildman–Crippen LogP) is 2.08. The zero-order valence-electron chi connectivity index (χ0n) is 11.3. The fourth-order valence-electron chi connectivity index (χ4n) is 3.35. The van der Waals surface area contributed by atoms with Gasteiger partial charge in [0, 0.05) is 42.8 Å². The molecule has 1 atom stereocenters. The summed E-state index contributed by atoms with van der Waals surface area (Å²) in [5.41, 5.74) is 1.91. The molecule has 1 aromatic rings. The number of hydrogen-bond acceptors (Lipinski definition) is 3. The Hall–Kier alpha value is -2.04. The number of amides is 1. The van der Waals surface area contributed by atoms with Crippen LogP contribution in [0.1, 0.15) is 23.2 Å². The SMILES string of the molecule is O=Cc1ccc(N2CCC3(CCN(C(=O)O)C3)C2)cc1. The van der Waals surface area contributed by atoms with E-state index in [1.165, 1.54) is 4.90 Å². The molecule has 1 spiro atoms. The van der Waals surface area contributed by atoms with Gasteiger partial charge in [0.15, 0.2) is 0 Å². The van der Waals surface area contributed by atoms with E-state index in [1.807, 2.05) is 24.3 Å². The van der Waals surface area contributed by atoms with Crippen molar-refractivity contribution in [1.29, 1.82) is 0 Å². The van der Waals surface area contributed by atoms with Crippen LogP contribution in [0.2, 0.25) is 0 Å². The van der Waals surface area contributed by atoms with Gasteiger partial charge in [-0.15, -0.1) is 0 Å². The Morgan fingerprint density at radius 2 is 1.85 bits per heavy atom. The van der Waals surface area contributed by atoms with Crippen LogP contribution in [0.25, 0.3) is 0 Å². The minimum Gasteiger partial charge on any atom is -0.465 e. The lowest BCUT2D eigenvalue weighted by Crippen LogP contribution is -2.33. The zero-order chi connectivity index (χ0) is 14.2. The van der Waals surface area contributed by atoms with Gasteiger partial charge in [0.2, 0.25) is 0 Å². The molecule has 5 nitrogen and oxygen atoms in total. The molecule has 1 aromatic carbocycles. The van der Waals surface area contributed by atoms with Crippen LogP contribution in [0.4, 0.5) is 10.5 Å². The molecule has 0 bridgehead atoms. The highest BCUT2D eigenvalue weighted by molar-refractivity contribution is 5.75. The van der Waals surface area contributed by atoms with E-state index in [2.05, 4.69) is 4.90 Å². The van der Waals surface area contributed by atoms with Crippen LogP contribution in [-0.4, -0.2) is 48.6 Å². The number of aldehydes is 1. The largest absolute Gasteiger partial charge is 0.465 e. The average Bonchev–Trinajstić information content (AvgIpc) is 3.07. The van der Waals surface area contributed by atoms with E-state index in [9.17, 15) is 9.59 Å². The Morgan fingerprint density at radius 3 is 2.45 bits per heavy atom. The molecular weight excluding hydrogens is 256 g/mol. The van der Waals surface area contributed by atoms with Crippen molar-refractivity contribution in [2.24, 2.45) is 5.41 Å². The van der Waals surface area contributed by atoms with Gasteiger partial charge in [0.25, 0.3) is 0 Å². The highest BCUT2D eigenvalue weighted by atomic mass is 16.4. The lowest BCUT2D eigenvalue weighted by molar-refractivity contribution is 0.112. The number of anilines is 1. The second-order valence-electron chi connectivity index (χ2n) is 5.84. The Kier molecular flexibility index (Phi) is 3.12. The maximum atomic E-state index is 11.0. The summed E-state index contributed by atoms with van der Waals surface area (Å²) in [6.45, 7) is 3.14. The van der Waals surface area contributed by atoms with E-state index in [-0.39, 0.29) is 5.41 Å². The van der Waals surface area contributed by atoms with Gasteiger partial charge in [-0.2, -0.15) is 0 Å². The molecule has 5 heteroatoms. The Labute approximate surface area is 117 Å². The van der Waals surface area contributed by atoms with Crippen molar-refractivity contribution in [3.05, 3.63) is 29.8 Å². The fourth-order valence-corrected chi connectivity index (χ4v) is 3.35. The van der Waals surface area contributed by atoms with Gasteiger partial charge in [-0.1, -0.05) is 0 Å². The summed E-state index contributed by atoms with van der Waals surface area (Å²) in [6, 6.07) is 7.58. The van der Waals surface area contributed by atoms with E-state index in [0.717, 1.165) is 37.9 Å². The van der Waals surface area contributed by atoms with E-state index in [0.29, 0.717) is 18.7 Å². The van der Waals surface area contributed by atoms with Gasteiger partial charge >= 0.3 is 6.09 Å². The highest BCUT2D eigenvalue weighted by Crippen LogP contribution is 2.41. The topological polar surface area (TPSA) is 60.9 Å².